The number of aromatic hydroxyl groups is 1. The van der Waals surface area contributed by atoms with Gasteiger partial charge in [0.1, 0.15) is 5.75 Å². The van der Waals surface area contributed by atoms with Gasteiger partial charge in [0, 0.05) is 11.6 Å². The van der Waals surface area contributed by atoms with Gasteiger partial charge in [-0.05, 0) is 37.5 Å². The van der Waals surface area contributed by atoms with Crippen molar-refractivity contribution in [2.75, 3.05) is 5.32 Å². The van der Waals surface area contributed by atoms with Crippen LogP contribution in [0.2, 0.25) is 5.02 Å². The minimum Gasteiger partial charge on any atom is -0.506 e. The van der Waals surface area contributed by atoms with Gasteiger partial charge in [-0.3, -0.25) is 9.59 Å². The van der Waals surface area contributed by atoms with E-state index >= 15 is 0 Å². The van der Waals surface area contributed by atoms with Crippen molar-refractivity contribution < 1.29 is 19.8 Å². The lowest BCUT2D eigenvalue weighted by Crippen LogP contribution is -2.21. The molecule has 0 bridgehead atoms. The summed E-state index contributed by atoms with van der Waals surface area (Å²) < 4.78 is 0. The molecule has 0 aromatic heterocycles. The van der Waals surface area contributed by atoms with Gasteiger partial charge in [-0.25, -0.2) is 0 Å². The number of hydrogen-bond acceptors (Lipinski definition) is 3. The maximum Gasteiger partial charge on any atom is 0.306 e. The van der Waals surface area contributed by atoms with Gasteiger partial charge in [0.25, 0.3) is 0 Å². The minimum absolute atomic E-state index is 0.0496. The maximum absolute atomic E-state index is 12.0. The molecule has 5 nitrogen and oxygen atoms in total. The molecule has 3 N–H and O–H groups in total. The lowest BCUT2D eigenvalue weighted by atomic mass is 10.0. The van der Waals surface area contributed by atoms with Crippen LogP contribution in [0, 0.1) is 11.8 Å². The fraction of sp³-hybridized carbons (Fsp3) is 0.385. The van der Waals surface area contributed by atoms with Crippen molar-refractivity contribution in [3.63, 3.8) is 0 Å². The Morgan fingerprint density at radius 1 is 1.26 bits per heavy atom. The number of halogens is 1. The van der Waals surface area contributed by atoms with Crippen LogP contribution >= 0.6 is 11.6 Å². The van der Waals surface area contributed by atoms with Gasteiger partial charge in [0.2, 0.25) is 5.91 Å². The summed E-state index contributed by atoms with van der Waals surface area (Å²) in [6, 6.07) is 4.40. The van der Waals surface area contributed by atoms with E-state index in [9.17, 15) is 14.7 Å². The molecule has 0 radical (unpaired) electrons. The van der Waals surface area contributed by atoms with E-state index < -0.39 is 11.9 Å². The third kappa shape index (κ3) is 3.17. The fourth-order valence-electron chi connectivity index (χ4n) is 2.27. The third-order valence-electron chi connectivity index (χ3n) is 3.37. The number of nitrogens with one attached hydrogen (secondary N) is 1. The number of hydrogen-bond donors (Lipinski definition) is 3. The van der Waals surface area contributed by atoms with Gasteiger partial charge < -0.3 is 15.5 Å². The van der Waals surface area contributed by atoms with E-state index in [1.165, 1.54) is 12.1 Å². The van der Waals surface area contributed by atoms with Gasteiger partial charge in [-0.15, -0.1) is 0 Å². The number of carboxylic acids is 1. The summed E-state index contributed by atoms with van der Waals surface area (Å²) in [5.41, 5.74) is 0.492. The van der Waals surface area contributed by atoms with Gasteiger partial charge in [0.05, 0.1) is 10.9 Å². The topological polar surface area (TPSA) is 86.6 Å². The van der Waals surface area contributed by atoms with Gasteiger partial charge in [0.15, 0.2) is 0 Å². The summed E-state index contributed by atoms with van der Waals surface area (Å²) in [5, 5.41) is 21.0. The average molecular weight is 284 g/mol. The Bertz CT molecular complexity index is 517. The largest absolute Gasteiger partial charge is 0.506 e. The number of phenols is 1. The van der Waals surface area contributed by atoms with Crippen LogP contribution in [0.25, 0.3) is 0 Å². The molecular weight excluding hydrogens is 270 g/mol. The highest BCUT2D eigenvalue weighted by Gasteiger charge is 2.33. The second-order valence-corrected chi connectivity index (χ2v) is 5.11. The first-order valence-electron chi connectivity index (χ1n) is 5.99. The van der Waals surface area contributed by atoms with Crippen LogP contribution < -0.4 is 5.32 Å². The SMILES string of the molecule is O=C(O)[C@H]1CC[C@@H](C(=O)Nc2ccc(O)c(Cl)c2)C1. The second-order valence-electron chi connectivity index (χ2n) is 4.70. The smallest absolute Gasteiger partial charge is 0.306 e. The Balaban J connectivity index is 1.98. The summed E-state index contributed by atoms with van der Waals surface area (Å²) >= 11 is 5.74. The molecule has 0 saturated heterocycles. The zero-order chi connectivity index (χ0) is 14.0. The van der Waals surface area contributed by atoms with Gasteiger partial charge in [-0.2, -0.15) is 0 Å². The van der Waals surface area contributed by atoms with Crippen molar-refractivity contribution in [2.45, 2.75) is 19.3 Å². The van der Waals surface area contributed by atoms with Crippen molar-refractivity contribution in [3.05, 3.63) is 23.2 Å². The van der Waals surface area contributed by atoms with Crippen molar-refractivity contribution in [3.8, 4) is 5.75 Å². The first-order chi connectivity index (χ1) is 8.97. The van der Waals surface area contributed by atoms with Gasteiger partial charge >= 0.3 is 5.97 Å². The quantitative estimate of drug-likeness (QED) is 0.744. The molecule has 0 unspecified atom stereocenters. The number of anilines is 1. The maximum atomic E-state index is 12.0. The highest BCUT2D eigenvalue weighted by atomic mass is 35.5. The minimum atomic E-state index is -0.844. The molecule has 2 rings (SSSR count). The molecule has 1 aromatic rings. The summed E-state index contributed by atoms with van der Waals surface area (Å²) in [4.78, 5) is 22.8. The van der Waals surface area contributed by atoms with Crippen LogP contribution in [-0.4, -0.2) is 22.1 Å². The molecule has 0 heterocycles. The third-order valence-corrected chi connectivity index (χ3v) is 3.67. The number of benzene rings is 1. The normalized spacial score (nSPS) is 22.2. The lowest BCUT2D eigenvalue weighted by Gasteiger charge is -2.11. The van der Waals surface area contributed by atoms with Crippen LogP contribution in [0.5, 0.6) is 5.75 Å². The molecule has 1 aliphatic carbocycles. The molecule has 1 fully saturated rings. The van der Waals surface area contributed by atoms with Crippen molar-refractivity contribution in [2.24, 2.45) is 11.8 Å². The molecule has 102 valence electrons. The molecule has 1 aromatic carbocycles. The predicted molar refractivity (Wildman–Crippen MR) is 70.2 cm³/mol. The Kier molecular flexibility index (Phi) is 3.95. The summed E-state index contributed by atoms with van der Waals surface area (Å²) in [7, 11) is 0. The highest BCUT2D eigenvalue weighted by Crippen LogP contribution is 2.32. The van der Waals surface area contributed by atoms with E-state index in [0.29, 0.717) is 24.9 Å². The predicted octanol–water partition coefficient (Wildman–Crippen LogP) is 2.49. The van der Waals surface area contributed by atoms with Crippen molar-refractivity contribution in [1.82, 2.24) is 0 Å². The molecule has 1 aliphatic rings. The Hall–Kier alpha value is -1.75. The van der Waals surface area contributed by atoms with Crippen LogP contribution in [-0.2, 0) is 9.59 Å². The molecule has 6 heteroatoms. The van der Waals surface area contributed by atoms with E-state index in [2.05, 4.69) is 5.32 Å². The summed E-state index contributed by atoms with van der Waals surface area (Å²) in [5.74, 6) is -1.81. The molecule has 19 heavy (non-hydrogen) atoms. The number of carboxylic acid groups (broad SMARTS) is 1. The first kappa shape index (κ1) is 13.7. The molecule has 1 saturated carbocycles. The van der Waals surface area contributed by atoms with E-state index in [1.807, 2.05) is 0 Å². The van der Waals surface area contributed by atoms with Crippen LogP contribution in [0.15, 0.2) is 18.2 Å². The first-order valence-corrected chi connectivity index (χ1v) is 6.37. The zero-order valence-electron chi connectivity index (χ0n) is 10.1. The van der Waals surface area contributed by atoms with Gasteiger partial charge in [-0.1, -0.05) is 11.6 Å². The molecule has 1 amide bonds. The number of carbonyl (C=O) groups is 2. The Labute approximate surface area is 115 Å². The highest BCUT2D eigenvalue weighted by molar-refractivity contribution is 6.32. The number of amides is 1. The van der Waals surface area contributed by atoms with Crippen LogP contribution in [0.3, 0.4) is 0 Å². The lowest BCUT2D eigenvalue weighted by molar-refractivity contribution is -0.141. The Morgan fingerprint density at radius 3 is 2.53 bits per heavy atom. The number of carbonyl (C=O) groups excluding carboxylic acids is 1. The van der Waals surface area contributed by atoms with E-state index in [0.717, 1.165) is 0 Å². The molecule has 0 aliphatic heterocycles. The van der Waals surface area contributed by atoms with Crippen LogP contribution in [0.1, 0.15) is 19.3 Å². The van der Waals surface area contributed by atoms with Crippen molar-refractivity contribution >= 4 is 29.2 Å². The van der Waals surface area contributed by atoms with E-state index in [4.69, 9.17) is 16.7 Å². The monoisotopic (exact) mass is 283 g/mol. The summed E-state index contributed by atoms with van der Waals surface area (Å²) in [6.07, 6.45) is 1.48. The van der Waals surface area contributed by atoms with Crippen molar-refractivity contribution in [1.29, 1.82) is 0 Å². The second kappa shape index (κ2) is 5.48. The summed E-state index contributed by atoms with van der Waals surface area (Å²) in [6.45, 7) is 0. The van der Waals surface area contributed by atoms with E-state index in [1.54, 1.807) is 6.07 Å². The molecule has 2 atom stereocenters. The molecular formula is C13H14ClNO4. The number of rotatable bonds is 3. The number of phenolic OH excluding ortho intramolecular Hbond substituents is 1. The Morgan fingerprint density at radius 2 is 1.95 bits per heavy atom. The van der Waals surface area contributed by atoms with Crippen LogP contribution in [0.4, 0.5) is 5.69 Å². The average Bonchev–Trinajstić information content (AvgIpc) is 2.83. The van der Waals surface area contributed by atoms with E-state index in [-0.39, 0.29) is 22.6 Å². The number of aliphatic carboxylic acids is 1. The standard InChI is InChI=1S/C13H14ClNO4/c14-10-6-9(3-4-11(10)16)15-12(17)7-1-2-8(5-7)13(18)19/h3-4,6-8,16H,1-2,5H2,(H,15,17)(H,18,19)/t7-,8+/m1/s1. The fourth-order valence-corrected chi connectivity index (χ4v) is 2.45. The zero-order valence-corrected chi connectivity index (χ0v) is 10.9. The molecule has 0 spiro atoms.